The van der Waals surface area contributed by atoms with Gasteiger partial charge in [0.1, 0.15) is 0 Å². The summed E-state index contributed by atoms with van der Waals surface area (Å²) >= 11 is 5.25. The van der Waals surface area contributed by atoms with E-state index in [1.165, 1.54) is 18.3 Å². The molecule has 1 heterocycles. The molecule has 0 aliphatic carbocycles. The van der Waals surface area contributed by atoms with Gasteiger partial charge in [0.25, 0.3) is 10.0 Å². The van der Waals surface area contributed by atoms with Crippen LogP contribution in [-0.4, -0.2) is 18.5 Å². The molecule has 8 heteroatoms. The molecule has 0 aliphatic heterocycles. The van der Waals surface area contributed by atoms with Crippen LogP contribution in [0.25, 0.3) is 0 Å². The van der Waals surface area contributed by atoms with Gasteiger partial charge in [0, 0.05) is 17.6 Å². The Kier molecular flexibility index (Phi) is 5.45. The highest BCUT2D eigenvalue weighted by molar-refractivity contribution is 7.92. The van der Waals surface area contributed by atoms with E-state index in [-0.39, 0.29) is 4.90 Å². The number of nitrogens with one attached hydrogen (secondary N) is 3. The van der Waals surface area contributed by atoms with Crippen molar-refractivity contribution in [2.45, 2.75) is 4.90 Å². The standard InChI is InChI=1S/C18H16N4O2S2/c23-26(24,22-16-7-4-12-19-13-16)17-10-8-15(9-11-17)21-18(25)20-14-5-2-1-3-6-14/h1-13,22H,(H2,20,21,25). The minimum Gasteiger partial charge on any atom is -0.332 e. The number of sulfonamides is 1. The Labute approximate surface area is 157 Å². The summed E-state index contributed by atoms with van der Waals surface area (Å²) in [6.45, 7) is 0. The fourth-order valence-electron chi connectivity index (χ4n) is 2.17. The van der Waals surface area contributed by atoms with Crippen LogP contribution in [0.4, 0.5) is 17.1 Å². The van der Waals surface area contributed by atoms with E-state index in [9.17, 15) is 8.42 Å². The molecule has 3 aromatic rings. The normalized spacial score (nSPS) is 10.8. The lowest BCUT2D eigenvalue weighted by Gasteiger charge is -2.11. The summed E-state index contributed by atoms with van der Waals surface area (Å²) < 4.78 is 27.2. The van der Waals surface area contributed by atoms with Gasteiger partial charge in [-0.1, -0.05) is 18.2 Å². The Morgan fingerprint density at radius 2 is 1.42 bits per heavy atom. The van der Waals surface area contributed by atoms with E-state index in [0.717, 1.165) is 5.69 Å². The number of anilines is 3. The zero-order valence-corrected chi connectivity index (χ0v) is 15.2. The van der Waals surface area contributed by atoms with Crippen LogP contribution in [-0.2, 0) is 10.0 Å². The molecule has 132 valence electrons. The molecule has 0 fully saturated rings. The van der Waals surface area contributed by atoms with E-state index in [4.69, 9.17) is 12.2 Å². The van der Waals surface area contributed by atoms with Crippen molar-refractivity contribution in [3.63, 3.8) is 0 Å². The molecule has 0 bridgehead atoms. The molecular formula is C18H16N4O2S2. The highest BCUT2D eigenvalue weighted by Gasteiger charge is 2.14. The summed E-state index contributed by atoms with van der Waals surface area (Å²) in [6.07, 6.45) is 3.02. The summed E-state index contributed by atoms with van der Waals surface area (Å²) in [6, 6.07) is 19.1. The Bertz CT molecular complexity index is 977. The van der Waals surface area contributed by atoms with Crippen molar-refractivity contribution in [3.8, 4) is 0 Å². The number of rotatable bonds is 5. The predicted molar refractivity (Wildman–Crippen MR) is 108 cm³/mol. The summed E-state index contributed by atoms with van der Waals surface area (Å²) in [5.41, 5.74) is 1.95. The van der Waals surface area contributed by atoms with Crippen LogP contribution in [0.2, 0.25) is 0 Å². The molecule has 0 spiro atoms. The molecule has 2 aromatic carbocycles. The molecule has 0 saturated carbocycles. The van der Waals surface area contributed by atoms with Gasteiger partial charge in [-0.05, 0) is 60.7 Å². The Morgan fingerprint density at radius 3 is 2.04 bits per heavy atom. The van der Waals surface area contributed by atoms with E-state index in [1.54, 1.807) is 30.5 Å². The number of nitrogens with zero attached hydrogens (tertiary/aromatic N) is 1. The van der Waals surface area contributed by atoms with Crippen molar-refractivity contribution in [3.05, 3.63) is 79.1 Å². The van der Waals surface area contributed by atoms with Crippen LogP contribution >= 0.6 is 12.2 Å². The Balaban J connectivity index is 1.65. The number of aromatic nitrogens is 1. The number of benzene rings is 2. The molecule has 6 nitrogen and oxygen atoms in total. The topological polar surface area (TPSA) is 83.1 Å². The Morgan fingerprint density at radius 1 is 0.808 bits per heavy atom. The van der Waals surface area contributed by atoms with Gasteiger partial charge < -0.3 is 10.6 Å². The monoisotopic (exact) mass is 384 g/mol. The smallest absolute Gasteiger partial charge is 0.261 e. The second-order valence-corrected chi connectivity index (χ2v) is 7.41. The maximum Gasteiger partial charge on any atom is 0.261 e. The van der Waals surface area contributed by atoms with Crippen molar-refractivity contribution < 1.29 is 8.42 Å². The molecule has 3 N–H and O–H groups in total. The summed E-state index contributed by atoms with van der Waals surface area (Å²) in [7, 11) is -3.67. The van der Waals surface area contributed by atoms with Gasteiger partial charge in [0.05, 0.1) is 16.8 Å². The zero-order chi connectivity index (χ0) is 18.4. The van der Waals surface area contributed by atoms with Gasteiger partial charge >= 0.3 is 0 Å². The lowest BCUT2D eigenvalue weighted by molar-refractivity contribution is 0.601. The second-order valence-electron chi connectivity index (χ2n) is 5.32. The van der Waals surface area contributed by atoms with E-state index < -0.39 is 10.0 Å². The molecule has 1 aromatic heterocycles. The van der Waals surface area contributed by atoms with E-state index in [2.05, 4.69) is 20.3 Å². The largest absolute Gasteiger partial charge is 0.332 e. The van der Waals surface area contributed by atoms with Crippen molar-refractivity contribution in [1.29, 1.82) is 0 Å². The first kappa shape index (κ1) is 17.8. The summed E-state index contributed by atoms with van der Waals surface area (Å²) in [5, 5.41) is 6.48. The lowest BCUT2D eigenvalue weighted by atomic mass is 10.3. The number of hydrogen-bond donors (Lipinski definition) is 3. The summed E-state index contributed by atoms with van der Waals surface area (Å²) in [5.74, 6) is 0. The summed E-state index contributed by atoms with van der Waals surface area (Å²) in [4.78, 5) is 4.03. The zero-order valence-electron chi connectivity index (χ0n) is 13.6. The van der Waals surface area contributed by atoms with Crippen molar-refractivity contribution in [2.24, 2.45) is 0 Å². The first-order valence-corrected chi connectivity index (χ1v) is 9.58. The van der Waals surface area contributed by atoms with Gasteiger partial charge in [-0.25, -0.2) is 8.42 Å². The molecule has 0 unspecified atom stereocenters. The third kappa shape index (κ3) is 4.78. The average Bonchev–Trinajstić information content (AvgIpc) is 2.63. The molecular weight excluding hydrogens is 368 g/mol. The minimum atomic E-state index is -3.67. The fourth-order valence-corrected chi connectivity index (χ4v) is 3.45. The quantitative estimate of drug-likeness (QED) is 0.582. The van der Waals surface area contributed by atoms with Crippen LogP contribution in [0.5, 0.6) is 0 Å². The van der Waals surface area contributed by atoms with E-state index in [0.29, 0.717) is 16.5 Å². The molecule has 3 rings (SSSR count). The number of pyridine rings is 1. The van der Waals surface area contributed by atoms with Crippen LogP contribution in [0.1, 0.15) is 0 Å². The molecule has 0 radical (unpaired) electrons. The van der Waals surface area contributed by atoms with E-state index >= 15 is 0 Å². The third-order valence-electron chi connectivity index (χ3n) is 3.37. The minimum absolute atomic E-state index is 0.147. The Hall–Kier alpha value is -2.97. The maximum atomic E-state index is 12.4. The SMILES string of the molecule is O=S(=O)(Nc1cccnc1)c1ccc(NC(=S)Nc2ccccc2)cc1. The first-order chi connectivity index (χ1) is 12.5. The lowest BCUT2D eigenvalue weighted by Crippen LogP contribution is -2.19. The van der Waals surface area contributed by atoms with Gasteiger partial charge in [-0.2, -0.15) is 0 Å². The van der Waals surface area contributed by atoms with Crippen LogP contribution in [0.3, 0.4) is 0 Å². The molecule has 0 saturated heterocycles. The maximum absolute atomic E-state index is 12.4. The fraction of sp³-hybridized carbons (Fsp3) is 0. The van der Waals surface area contributed by atoms with Gasteiger partial charge in [0.15, 0.2) is 5.11 Å². The molecule has 0 amide bonds. The van der Waals surface area contributed by atoms with E-state index in [1.807, 2.05) is 30.3 Å². The number of thiocarbonyl (C=S) groups is 1. The van der Waals surface area contributed by atoms with Crippen molar-refractivity contribution >= 4 is 44.4 Å². The highest BCUT2D eigenvalue weighted by atomic mass is 32.2. The van der Waals surface area contributed by atoms with Crippen LogP contribution in [0, 0.1) is 0 Å². The molecule has 0 aliphatic rings. The van der Waals surface area contributed by atoms with Gasteiger partial charge in [-0.3, -0.25) is 9.71 Å². The van der Waals surface area contributed by atoms with Crippen LogP contribution < -0.4 is 15.4 Å². The third-order valence-corrected chi connectivity index (χ3v) is 4.97. The average molecular weight is 384 g/mol. The molecule has 26 heavy (non-hydrogen) atoms. The van der Waals surface area contributed by atoms with Crippen LogP contribution in [0.15, 0.2) is 84.0 Å². The molecule has 0 atom stereocenters. The number of para-hydroxylation sites is 1. The van der Waals surface area contributed by atoms with Gasteiger partial charge in [-0.15, -0.1) is 0 Å². The number of hydrogen-bond acceptors (Lipinski definition) is 4. The van der Waals surface area contributed by atoms with Crippen molar-refractivity contribution in [2.75, 3.05) is 15.4 Å². The predicted octanol–water partition coefficient (Wildman–Crippen LogP) is 3.69. The second kappa shape index (κ2) is 7.94. The highest BCUT2D eigenvalue weighted by Crippen LogP contribution is 2.18. The first-order valence-electron chi connectivity index (χ1n) is 7.69. The van der Waals surface area contributed by atoms with Gasteiger partial charge in [0.2, 0.25) is 0 Å². The van der Waals surface area contributed by atoms with Crippen molar-refractivity contribution in [1.82, 2.24) is 4.98 Å².